The number of primary amides is 1. The van der Waals surface area contributed by atoms with Crippen LogP contribution >= 0.6 is 0 Å². The van der Waals surface area contributed by atoms with E-state index in [9.17, 15) is 9.59 Å². The van der Waals surface area contributed by atoms with Gasteiger partial charge in [0, 0.05) is 7.11 Å². The third kappa shape index (κ3) is 12.9. The smallest absolute Gasteiger partial charge is 0.293 e. The fourth-order valence-electron chi connectivity index (χ4n) is 0.619. The molecule has 16 heavy (non-hydrogen) atoms. The number of ether oxygens (including phenoxy) is 2. The van der Waals surface area contributed by atoms with Gasteiger partial charge < -0.3 is 20.5 Å². The van der Waals surface area contributed by atoms with E-state index in [0.717, 1.165) is 0 Å². The summed E-state index contributed by atoms with van der Waals surface area (Å²) in [5, 5.41) is 2.70. The number of nitrogens with two attached hydrogens (primary N) is 1. The number of rotatable bonds is 5. The van der Waals surface area contributed by atoms with E-state index in [1.165, 1.54) is 7.11 Å². The molecule has 0 saturated heterocycles. The molecule has 3 N–H and O–H groups in total. The molecule has 0 rings (SSSR count). The highest BCUT2D eigenvalue weighted by molar-refractivity contribution is 5.79. The molecule has 0 heterocycles. The van der Waals surface area contributed by atoms with Gasteiger partial charge in [0.25, 0.3) is 6.47 Å². The van der Waals surface area contributed by atoms with Gasteiger partial charge in [0.1, 0.15) is 11.6 Å². The molecule has 1 amide bonds. The molecule has 6 nitrogen and oxygen atoms in total. The second-order valence-electron chi connectivity index (χ2n) is 4.03. The van der Waals surface area contributed by atoms with Crippen molar-refractivity contribution in [1.82, 2.24) is 5.32 Å². The first-order valence-electron chi connectivity index (χ1n) is 4.85. The quantitative estimate of drug-likeness (QED) is 0.635. The fraction of sp³-hybridized carbons (Fsp3) is 0.800. The minimum Gasteiger partial charge on any atom is -0.462 e. The number of likely N-dealkylation sites (N-methyl/N-ethyl adjacent to an activating group) is 1. The molecule has 0 aromatic heterocycles. The summed E-state index contributed by atoms with van der Waals surface area (Å²) >= 11 is 0. The summed E-state index contributed by atoms with van der Waals surface area (Å²) in [6.07, 6.45) is 0. The van der Waals surface area contributed by atoms with E-state index < -0.39 is 0 Å². The van der Waals surface area contributed by atoms with E-state index in [2.05, 4.69) is 10.1 Å². The zero-order valence-electron chi connectivity index (χ0n) is 10.6. The Labute approximate surface area is 96.5 Å². The Morgan fingerprint density at radius 3 is 2.06 bits per heavy atom. The largest absolute Gasteiger partial charge is 0.462 e. The van der Waals surface area contributed by atoms with Gasteiger partial charge in [-0.15, -0.1) is 0 Å². The molecule has 6 heteroatoms. The summed E-state index contributed by atoms with van der Waals surface area (Å²) in [5.74, 6) is -0.389. The van der Waals surface area contributed by atoms with Crippen LogP contribution in [0.25, 0.3) is 0 Å². The van der Waals surface area contributed by atoms with Crippen molar-refractivity contribution < 1.29 is 19.1 Å². The van der Waals surface area contributed by atoms with Crippen LogP contribution in [0.1, 0.15) is 20.8 Å². The highest BCUT2D eigenvalue weighted by Gasteiger charge is 2.10. The Kier molecular flexibility index (Phi) is 9.83. The van der Waals surface area contributed by atoms with Crippen LogP contribution in [0, 0.1) is 0 Å². The Morgan fingerprint density at radius 2 is 2.00 bits per heavy atom. The molecule has 1 unspecified atom stereocenters. The fourth-order valence-corrected chi connectivity index (χ4v) is 0.619. The predicted molar refractivity (Wildman–Crippen MR) is 60.8 cm³/mol. The van der Waals surface area contributed by atoms with Crippen LogP contribution in [0.2, 0.25) is 0 Å². The normalized spacial score (nSPS) is 12.1. The summed E-state index contributed by atoms with van der Waals surface area (Å²) < 4.78 is 9.24. The molecular weight excluding hydrogens is 212 g/mol. The van der Waals surface area contributed by atoms with Gasteiger partial charge in [-0.25, -0.2) is 0 Å². The van der Waals surface area contributed by atoms with Gasteiger partial charge in [-0.3, -0.25) is 9.59 Å². The number of methoxy groups -OCH3 is 1. The average molecular weight is 234 g/mol. The van der Waals surface area contributed by atoms with Gasteiger partial charge in [-0.1, -0.05) is 0 Å². The standard InChI is InChI=1S/C5H12N2O2.C5H10O2/c1-7-4(3-9-2)5(6)8;1-5(2,3)7-4-6/h4,7H,3H2,1-2H3,(H2,6,8);4H,1-3H3. The molecule has 0 aliphatic rings. The van der Waals surface area contributed by atoms with Crippen molar-refractivity contribution in [3.8, 4) is 0 Å². The maximum Gasteiger partial charge on any atom is 0.293 e. The van der Waals surface area contributed by atoms with E-state index in [1.54, 1.807) is 7.05 Å². The predicted octanol–water partition coefficient (Wildman–Crippen LogP) is -0.336. The molecule has 0 aliphatic carbocycles. The topological polar surface area (TPSA) is 90.7 Å². The van der Waals surface area contributed by atoms with Gasteiger partial charge >= 0.3 is 0 Å². The van der Waals surface area contributed by atoms with Crippen LogP contribution in [0.15, 0.2) is 0 Å². The van der Waals surface area contributed by atoms with Crippen LogP contribution in [0.4, 0.5) is 0 Å². The maximum atomic E-state index is 10.4. The van der Waals surface area contributed by atoms with Gasteiger partial charge in [0.15, 0.2) is 0 Å². The van der Waals surface area contributed by atoms with Gasteiger partial charge in [-0.05, 0) is 27.8 Å². The van der Waals surface area contributed by atoms with Crippen molar-refractivity contribution in [2.45, 2.75) is 32.4 Å². The van der Waals surface area contributed by atoms with Crippen LogP contribution in [0.3, 0.4) is 0 Å². The molecule has 0 aliphatic heterocycles. The maximum absolute atomic E-state index is 10.4. The monoisotopic (exact) mass is 234 g/mol. The highest BCUT2D eigenvalue weighted by atomic mass is 16.5. The van der Waals surface area contributed by atoms with Crippen LogP contribution in [-0.4, -0.2) is 44.8 Å². The zero-order valence-corrected chi connectivity index (χ0v) is 10.6. The Hall–Kier alpha value is -1.14. The minimum atomic E-state index is -0.389. The van der Waals surface area contributed by atoms with Crippen molar-refractivity contribution in [3.63, 3.8) is 0 Å². The first kappa shape index (κ1) is 17.3. The average Bonchev–Trinajstić information content (AvgIpc) is 2.12. The SMILES string of the molecule is CC(C)(C)OC=O.CNC(COC)C(N)=O. The minimum absolute atomic E-state index is 0.318. The zero-order chi connectivity index (χ0) is 13.2. The van der Waals surface area contributed by atoms with E-state index in [4.69, 9.17) is 10.5 Å². The summed E-state index contributed by atoms with van der Waals surface area (Å²) in [4.78, 5) is 20.0. The molecule has 96 valence electrons. The lowest BCUT2D eigenvalue weighted by Crippen LogP contribution is -2.42. The Balaban J connectivity index is 0. The summed E-state index contributed by atoms with van der Waals surface area (Å²) in [6, 6.07) is -0.366. The van der Waals surface area contributed by atoms with Crippen molar-refractivity contribution in [1.29, 1.82) is 0 Å². The molecule has 0 radical (unpaired) electrons. The molecule has 0 spiro atoms. The number of amides is 1. The second kappa shape index (κ2) is 9.11. The first-order chi connectivity index (χ1) is 7.28. The van der Waals surface area contributed by atoms with Crippen molar-refractivity contribution in [2.24, 2.45) is 5.73 Å². The molecular formula is C10H22N2O4. The third-order valence-electron chi connectivity index (χ3n) is 1.43. The van der Waals surface area contributed by atoms with E-state index in [1.807, 2.05) is 20.8 Å². The summed E-state index contributed by atoms with van der Waals surface area (Å²) in [6.45, 7) is 6.25. The van der Waals surface area contributed by atoms with Crippen molar-refractivity contribution >= 4 is 12.4 Å². The molecule has 0 saturated carbocycles. The lowest BCUT2D eigenvalue weighted by molar-refractivity contribution is -0.138. The highest BCUT2D eigenvalue weighted by Crippen LogP contribution is 2.02. The third-order valence-corrected chi connectivity index (χ3v) is 1.43. The van der Waals surface area contributed by atoms with Crippen LogP contribution in [0.5, 0.6) is 0 Å². The lowest BCUT2D eigenvalue weighted by atomic mass is 10.2. The lowest BCUT2D eigenvalue weighted by Gasteiger charge is -2.14. The van der Waals surface area contributed by atoms with Gasteiger partial charge in [0.2, 0.25) is 5.91 Å². The van der Waals surface area contributed by atoms with Gasteiger partial charge in [-0.2, -0.15) is 0 Å². The van der Waals surface area contributed by atoms with Crippen LogP contribution < -0.4 is 11.1 Å². The van der Waals surface area contributed by atoms with Crippen LogP contribution in [-0.2, 0) is 19.1 Å². The van der Waals surface area contributed by atoms with E-state index >= 15 is 0 Å². The molecule has 0 bridgehead atoms. The van der Waals surface area contributed by atoms with Crippen molar-refractivity contribution in [3.05, 3.63) is 0 Å². The Bertz CT molecular complexity index is 201. The first-order valence-corrected chi connectivity index (χ1v) is 4.85. The number of hydrogen-bond donors (Lipinski definition) is 2. The molecule has 0 aromatic rings. The molecule has 0 fully saturated rings. The number of hydrogen-bond acceptors (Lipinski definition) is 5. The molecule has 1 atom stereocenters. The number of nitrogens with one attached hydrogen (secondary N) is 1. The van der Waals surface area contributed by atoms with Gasteiger partial charge in [0.05, 0.1) is 6.61 Å². The summed E-state index contributed by atoms with van der Waals surface area (Å²) in [7, 11) is 3.18. The Morgan fingerprint density at radius 1 is 1.50 bits per heavy atom. The number of carbonyl (C=O) groups is 2. The van der Waals surface area contributed by atoms with Crippen molar-refractivity contribution in [2.75, 3.05) is 20.8 Å². The second-order valence-corrected chi connectivity index (χ2v) is 4.03. The molecule has 0 aromatic carbocycles. The van der Waals surface area contributed by atoms with E-state index in [0.29, 0.717) is 13.1 Å². The van der Waals surface area contributed by atoms with E-state index in [-0.39, 0.29) is 17.6 Å². The number of carbonyl (C=O) groups excluding carboxylic acids is 2. The summed E-state index contributed by atoms with van der Waals surface area (Å²) in [5.41, 5.74) is 4.63.